The number of aryl methyl sites for hydroxylation is 1. The second kappa shape index (κ2) is 8.15. The van der Waals surface area contributed by atoms with Crippen LogP contribution in [0.4, 0.5) is 17.3 Å². The number of allylic oxidation sites excluding steroid dienone is 1. The number of aromatic nitrogens is 2. The van der Waals surface area contributed by atoms with Crippen molar-refractivity contribution in [1.29, 1.82) is 0 Å². The van der Waals surface area contributed by atoms with Crippen molar-refractivity contribution >= 4 is 28.9 Å². The molecule has 1 heterocycles. The fraction of sp³-hybridized carbons (Fsp3) is 0.368. The van der Waals surface area contributed by atoms with Gasteiger partial charge in [-0.3, -0.25) is 0 Å². The maximum absolute atomic E-state index is 6.20. The van der Waals surface area contributed by atoms with E-state index in [1.54, 1.807) is 5.57 Å². The molecule has 0 unspecified atom stereocenters. The van der Waals surface area contributed by atoms with Gasteiger partial charge in [-0.2, -0.15) is 0 Å². The summed E-state index contributed by atoms with van der Waals surface area (Å²) in [5.74, 6) is 2.31. The van der Waals surface area contributed by atoms with Crippen molar-refractivity contribution in [3.05, 3.63) is 52.8 Å². The minimum absolute atomic E-state index is 0.674. The molecule has 0 spiro atoms. The number of hydrogen-bond donors (Lipinski definition) is 2. The summed E-state index contributed by atoms with van der Waals surface area (Å²) in [6.07, 6.45) is 8.60. The van der Waals surface area contributed by atoms with Gasteiger partial charge < -0.3 is 10.6 Å². The Hall–Kier alpha value is -2.07. The van der Waals surface area contributed by atoms with Crippen LogP contribution in [-0.2, 0) is 0 Å². The van der Waals surface area contributed by atoms with Crippen LogP contribution >= 0.6 is 11.6 Å². The van der Waals surface area contributed by atoms with Crippen molar-refractivity contribution < 1.29 is 0 Å². The molecule has 0 radical (unpaired) electrons. The van der Waals surface area contributed by atoms with E-state index in [9.17, 15) is 0 Å². The summed E-state index contributed by atoms with van der Waals surface area (Å²) in [5.41, 5.74) is 2.41. The smallest absolute Gasteiger partial charge is 0.136 e. The number of anilines is 3. The van der Waals surface area contributed by atoms with Crippen molar-refractivity contribution in [2.45, 2.75) is 39.0 Å². The first-order valence-corrected chi connectivity index (χ1v) is 8.87. The number of halogens is 1. The summed E-state index contributed by atoms with van der Waals surface area (Å²) in [6.45, 7) is 2.79. The summed E-state index contributed by atoms with van der Waals surface area (Å²) in [7, 11) is 0. The van der Waals surface area contributed by atoms with Crippen molar-refractivity contribution in [3.8, 4) is 0 Å². The highest BCUT2D eigenvalue weighted by Gasteiger charge is 2.06. The lowest BCUT2D eigenvalue weighted by Gasteiger charge is -2.14. The van der Waals surface area contributed by atoms with Crippen LogP contribution in [0.2, 0.25) is 5.02 Å². The van der Waals surface area contributed by atoms with Gasteiger partial charge in [-0.25, -0.2) is 9.97 Å². The number of para-hydroxylation sites is 1. The zero-order valence-corrected chi connectivity index (χ0v) is 14.7. The van der Waals surface area contributed by atoms with Crippen LogP contribution < -0.4 is 10.6 Å². The first-order valence-electron chi connectivity index (χ1n) is 8.50. The van der Waals surface area contributed by atoms with E-state index >= 15 is 0 Å². The predicted molar refractivity (Wildman–Crippen MR) is 101 cm³/mol. The van der Waals surface area contributed by atoms with Crippen LogP contribution in [0.1, 0.15) is 37.9 Å². The normalized spacial score (nSPS) is 14.2. The third-order valence-corrected chi connectivity index (χ3v) is 4.44. The molecule has 5 heteroatoms. The lowest BCUT2D eigenvalue weighted by atomic mass is 9.97. The summed E-state index contributed by atoms with van der Waals surface area (Å²) < 4.78 is 0. The highest BCUT2D eigenvalue weighted by molar-refractivity contribution is 6.33. The second-order valence-corrected chi connectivity index (χ2v) is 6.48. The first-order chi connectivity index (χ1) is 11.7. The van der Waals surface area contributed by atoms with Crippen molar-refractivity contribution in [3.63, 3.8) is 0 Å². The summed E-state index contributed by atoms with van der Waals surface area (Å²) in [4.78, 5) is 8.90. The molecular formula is C19H23ClN4. The number of hydrogen-bond acceptors (Lipinski definition) is 4. The fourth-order valence-electron chi connectivity index (χ4n) is 2.91. The van der Waals surface area contributed by atoms with Crippen molar-refractivity contribution in [2.24, 2.45) is 0 Å². The highest BCUT2D eigenvalue weighted by atomic mass is 35.5. The van der Waals surface area contributed by atoms with E-state index in [4.69, 9.17) is 11.6 Å². The Bertz CT molecular complexity index is 727. The SMILES string of the molecule is Cc1nc(NCCC2=CCCCC2)cc(Nc2ccccc2Cl)n1. The lowest BCUT2D eigenvalue weighted by molar-refractivity contribution is 0.679. The molecule has 0 saturated heterocycles. The topological polar surface area (TPSA) is 49.8 Å². The van der Waals surface area contributed by atoms with E-state index < -0.39 is 0 Å². The van der Waals surface area contributed by atoms with Crippen LogP contribution in [0.5, 0.6) is 0 Å². The maximum atomic E-state index is 6.20. The Balaban J connectivity index is 1.63. The number of nitrogens with one attached hydrogen (secondary N) is 2. The maximum Gasteiger partial charge on any atom is 0.136 e. The van der Waals surface area contributed by atoms with Crippen LogP contribution in [0.15, 0.2) is 42.0 Å². The van der Waals surface area contributed by atoms with E-state index in [-0.39, 0.29) is 0 Å². The Morgan fingerprint density at radius 1 is 1.12 bits per heavy atom. The van der Waals surface area contributed by atoms with E-state index in [0.29, 0.717) is 5.02 Å². The zero-order chi connectivity index (χ0) is 16.8. The molecular weight excluding hydrogens is 320 g/mol. The van der Waals surface area contributed by atoms with Crippen molar-refractivity contribution in [1.82, 2.24) is 9.97 Å². The Morgan fingerprint density at radius 2 is 1.96 bits per heavy atom. The van der Waals surface area contributed by atoms with Gasteiger partial charge in [0.1, 0.15) is 17.5 Å². The average molecular weight is 343 g/mol. The molecule has 0 aliphatic heterocycles. The number of rotatable bonds is 6. The second-order valence-electron chi connectivity index (χ2n) is 6.08. The van der Waals surface area contributed by atoms with Crippen LogP contribution in [-0.4, -0.2) is 16.5 Å². The molecule has 0 saturated carbocycles. The number of nitrogens with zero attached hydrogens (tertiary/aromatic N) is 2. The molecule has 1 aliphatic carbocycles. The quantitative estimate of drug-likeness (QED) is 0.682. The zero-order valence-electron chi connectivity index (χ0n) is 14.0. The molecule has 126 valence electrons. The molecule has 3 rings (SSSR count). The fourth-order valence-corrected chi connectivity index (χ4v) is 3.09. The van der Waals surface area contributed by atoms with Gasteiger partial charge in [0.05, 0.1) is 10.7 Å². The van der Waals surface area contributed by atoms with Gasteiger partial charge in [0.25, 0.3) is 0 Å². The molecule has 2 aromatic rings. The molecule has 1 aromatic heterocycles. The first kappa shape index (κ1) is 16.8. The van der Waals surface area contributed by atoms with Gasteiger partial charge in [0.2, 0.25) is 0 Å². The van der Waals surface area contributed by atoms with Gasteiger partial charge in [-0.1, -0.05) is 35.4 Å². The van der Waals surface area contributed by atoms with E-state index in [1.165, 1.54) is 25.7 Å². The molecule has 24 heavy (non-hydrogen) atoms. The molecule has 0 bridgehead atoms. The Labute approximate surface area is 148 Å². The summed E-state index contributed by atoms with van der Waals surface area (Å²) in [6, 6.07) is 9.56. The number of benzene rings is 1. The lowest BCUT2D eigenvalue weighted by Crippen LogP contribution is -2.08. The van der Waals surface area contributed by atoms with Crippen LogP contribution in [0.25, 0.3) is 0 Å². The molecule has 1 aromatic carbocycles. The van der Waals surface area contributed by atoms with Crippen molar-refractivity contribution in [2.75, 3.05) is 17.2 Å². The summed E-state index contributed by atoms with van der Waals surface area (Å²) >= 11 is 6.20. The molecule has 2 N–H and O–H groups in total. The molecule has 0 amide bonds. The Kier molecular flexibility index (Phi) is 5.70. The Morgan fingerprint density at radius 3 is 2.75 bits per heavy atom. The summed E-state index contributed by atoms with van der Waals surface area (Å²) in [5, 5.41) is 7.34. The minimum Gasteiger partial charge on any atom is -0.370 e. The third-order valence-electron chi connectivity index (χ3n) is 4.11. The van der Waals surface area contributed by atoms with E-state index in [2.05, 4.69) is 26.7 Å². The predicted octanol–water partition coefficient (Wildman–Crippen LogP) is 5.48. The third kappa shape index (κ3) is 4.71. The van der Waals surface area contributed by atoms with E-state index in [1.807, 2.05) is 37.3 Å². The standard InChI is InChI=1S/C19H23ClN4/c1-14-22-18(21-12-11-15-7-3-2-4-8-15)13-19(23-14)24-17-10-6-5-9-16(17)20/h5-7,9-10,13H,2-4,8,11-12H2,1H3,(H2,21,22,23,24). The van der Waals surface area contributed by atoms with Gasteiger partial charge in [0, 0.05) is 12.6 Å². The molecule has 0 atom stereocenters. The molecule has 1 aliphatic rings. The van der Waals surface area contributed by atoms with E-state index in [0.717, 1.165) is 36.1 Å². The van der Waals surface area contributed by atoms with Crippen LogP contribution in [0, 0.1) is 6.92 Å². The largest absolute Gasteiger partial charge is 0.370 e. The van der Waals surface area contributed by atoms with Gasteiger partial charge >= 0.3 is 0 Å². The molecule has 0 fully saturated rings. The van der Waals surface area contributed by atoms with Gasteiger partial charge in [0.15, 0.2) is 0 Å². The van der Waals surface area contributed by atoms with Crippen LogP contribution in [0.3, 0.4) is 0 Å². The monoisotopic (exact) mass is 342 g/mol. The average Bonchev–Trinajstić information content (AvgIpc) is 2.57. The molecule has 4 nitrogen and oxygen atoms in total. The van der Waals surface area contributed by atoms with Gasteiger partial charge in [-0.05, 0) is 51.2 Å². The highest BCUT2D eigenvalue weighted by Crippen LogP contribution is 2.25. The van der Waals surface area contributed by atoms with Gasteiger partial charge in [-0.15, -0.1) is 0 Å². The minimum atomic E-state index is 0.674.